The van der Waals surface area contributed by atoms with E-state index in [1.165, 1.54) is 4.31 Å². The van der Waals surface area contributed by atoms with E-state index in [9.17, 15) is 17.2 Å². The summed E-state index contributed by atoms with van der Waals surface area (Å²) in [7, 11) is -3.84. The second kappa shape index (κ2) is 6.37. The number of hydrogen-bond donors (Lipinski definition) is 0. The maximum Gasteiger partial charge on any atom is 0.243 e. The van der Waals surface area contributed by atoms with E-state index in [-0.39, 0.29) is 23.4 Å². The van der Waals surface area contributed by atoms with Crippen molar-refractivity contribution >= 4 is 21.6 Å². The molecule has 0 N–H and O–H groups in total. The second-order valence-corrected chi connectivity index (χ2v) is 7.09. The second-order valence-electron chi connectivity index (χ2n) is 4.82. The number of halogens is 3. The van der Waals surface area contributed by atoms with Crippen LogP contribution in [0.5, 0.6) is 0 Å². The third kappa shape index (κ3) is 3.13. The smallest absolute Gasteiger partial charge is 0.207 e. The van der Waals surface area contributed by atoms with Crippen LogP contribution < -0.4 is 0 Å². The van der Waals surface area contributed by atoms with Gasteiger partial charge in [0.05, 0.1) is 4.90 Å². The summed E-state index contributed by atoms with van der Waals surface area (Å²) < 4.78 is 52.6. The van der Waals surface area contributed by atoms with E-state index < -0.39 is 21.7 Å². The quantitative estimate of drug-likeness (QED) is 0.781. The van der Waals surface area contributed by atoms with Crippen LogP contribution in [-0.2, 0) is 10.0 Å². The maximum absolute atomic E-state index is 13.3. The highest BCUT2D eigenvalue weighted by Crippen LogP contribution is 2.29. The fraction of sp³-hybridized carbons (Fsp3) is 0.538. The molecule has 0 bridgehead atoms. The van der Waals surface area contributed by atoms with Crippen LogP contribution in [0, 0.1) is 11.6 Å². The van der Waals surface area contributed by atoms with Gasteiger partial charge >= 0.3 is 0 Å². The van der Waals surface area contributed by atoms with Gasteiger partial charge in [-0.1, -0.05) is 12.8 Å². The van der Waals surface area contributed by atoms with Crippen molar-refractivity contribution in [2.75, 3.05) is 12.4 Å². The van der Waals surface area contributed by atoms with E-state index in [1.807, 2.05) is 0 Å². The molecule has 0 unspecified atom stereocenters. The van der Waals surface area contributed by atoms with Crippen LogP contribution in [0.25, 0.3) is 0 Å². The molecule has 0 spiro atoms. The Balaban J connectivity index is 2.36. The number of sulfonamides is 1. The molecule has 0 radical (unpaired) electrons. The molecule has 0 saturated heterocycles. The van der Waals surface area contributed by atoms with Crippen LogP contribution in [0.2, 0.25) is 0 Å². The van der Waals surface area contributed by atoms with E-state index in [1.54, 1.807) is 0 Å². The Morgan fingerprint density at radius 2 is 1.85 bits per heavy atom. The van der Waals surface area contributed by atoms with Crippen LogP contribution in [0.3, 0.4) is 0 Å². The summed E-state index contributed by atoms with van der Waals surface area (Å²) in [6.07, 6.45) is 3.49. The van der Waals surface area contributed by atoms with Crippen LogP contribution in [-0.4, -0.2) is 31.2 Å². The van der Waals surface area contributed by atoms with Crippen LogP contribution in [0.1, 0.15) is 25.7 Å². The molecule has 0 aromatic heterocycles. The summed E-state index contributed by atoms with van der Waals surface area (Å²) >= 11 is 5.68. The van der Waals surface area contributed by atoms with Crippen LogP contribution in [0.15, 0.2) is 23.1 Å². The Morgan fingerprint density at radius 1 is 1.20 bits per heavy atom. The maximum atomic E-state index is 13.3. The molecule has 2 rings (SSSR count). The predicted molar refractivity (Wildman–Crippen MR) is 73.2 cm³/mol. The third-order valence-corrected chi connectivity index (χ3v) is 5.65. The highest BCUT2D eigenvalue weighted by atomic mass is 35.5. The minimum Gasteiger partial charge on any atom is -0.207 e. The summed E-state index contributed by atoms with van der Waals surface area (Å²) in [4.78, 5) is -0.228. The Bertz CT molecular complexity index is 574. The molecule has 1 aromatic carbocycles. The lowest BCUT2D eigenvalue weighted by atomic mass is 10.2. The first-order valence-electron chi connectivity index (χ1n) is 6.49. The molecule has 1 aliphatic rings. The molecule has 112 valence electrons. The Morgan fingerprint density at radius 3 is 2.40 bits per heavy atom. The zero-order valence-electron chi connectivity index (χ0n) is 10.9. The van der Waals surface area contributed by atoms with Gasteiger partial charge in [-0.2, -0.15) is 4.31 Å². The van der Waals surface area contributed by atoms with Crippen molar-refractivity contribution in [3.63, 3.8) is 0 Å². The molecule has 1 aliphatic carbocycles. The SMILES string of the molecule is O=S(=O)(c1ccc(F)c(F)c1)N(CCCl)C1CCCC1. The fourth-order valence-corrected chi connectivity index (χ4v) is 4.53. The van der Waals surface area contributed by atoms with E-state index in [0.29, 0.717) is 0 Å². The molecule has 1 aromatic rings. The number of rotatable bonds is 5. The zero-order chi connectivity index (χ0) is 14.8. The van der Waals surface area contributed by atoms with Crippen molar-refractivity contribution in [2.45, 2.75) is 36.6 Å². The summed E-state index contributed by atoms with van der Waals surface area (Å²) in [5.41, 5.74) is 0. The highest BCUT2D eigenvalue weighted by molar-refractivity contribution is 7.89. The van der Waals surface area contributed by atoms with E-state index in [0.717, 1.165) is 43.9 Å². The molecular weight excluding hydrogens is 308 g/mol. The molecular formula is C13H16ClF2NO2S. The van der Waals surface area contributed by atoms with Gasteiger partial charge in [-0.05, 0) is 31.0 Å². The topological polar surface area (TPSA) is 37.4 Å². The predicted octanol–water partition coefficient (Wildman–Crippen LogP) is 3.14. The Labute approximate surface area is 122 Å². The van der Waals surface area contributed by atoms with Crippen molar-refractivity contribution < 1.29 is 17.2 Å². The average Bonchev–Trinajstić information content (AvgIpc) is 2.92. The van der Waals surface area contributed by atoms with Gasteiger partial charge in [0, 0.05) is 18.5 Å². The average molecular weight is 324 g/mol. The number of nitrogens with zero attached hydrogens (tertiary/aromatic N) is 1. The lowest BCUT2D eigenvalue weighted by molar-refractivity contribution is 0.336. The largest absolute Gasteiger partial charge is 0.243 e. The van der Waals surface area contributed by atoms with Crippen molar-refractivity contribution in [1.29, 1.82) is 0 Å². The van der Waals surface area contributed by atoms with Gasteiger partial charge in [-0.15, -0.1) is 11.6 Å². The van der Waals surface area contributed by atoms with Crippen molar-refractivity contribution in [3.8, 4) is 0 Å². The molecule has 1 saturated carbocycles. The monoisotopic (exact) mass is 323 g/mol. The van der Waals surface area contributed by atoms with Gasteiger partial charge in [0.1, 0.15) is 0 Å². The summed E-state index contributed by atoms with van der Waals surface area (Å²) in [6, 6.07) is 2.53. The van der Waals surface area contributed by atoms with Crippen molar-refractivity contribution in [3.05, 3.63) is 29.8 Å². The van der Waals surface area contributed by atoms with Crippen LogP contribution in [0.4, 0.5) is 8.78 Å². The molecule has 0 heterocycles. The minimum atomic E-state index is -3.84. The lowest BCUT2D eigenvalue weighted by Crippen LogP contribution is -2.40. The number of hydrogen-bond acceptors (Lipinski definition) is 2. The zero-order valence-corrected chi connectivity index (χ0v) is 12.4. The number of alkyl halides is 1. The highest BCUT2D eigenvalue weighted by Gasteiger charge is 2.33. The van der Waals surface area contributed by atoms with E-state index >= 15 is 0 Å². The molecule has 0 amide bonds. The van der Waals surface area contributed by atoms with Gasteiger partial charge in [-0.25, -0.2) is 17.2 Å². The Kier molecular flexibility index (Phi) is 4.99. The summed E-state index contributed by atoms with van der Waals surface area (Å²) in [5.74, 6) is -2.06. The van der Waals surface area contributed by atoms with Gasteiger partial charge in [0.25, 0.3) is 0 Å². The molecule has 20 heavy (non-hydrogen) atoms. The molecule has 1 fully saturated rings. The van der Waals surface area contributed by atoms with E-state index in [4.69, 9.17) is 11.6 Å². The number of benzene rings is 1. The van der Waals surface area contributed by atoms with Crippen LogP contribution >= 0.6 is 11.6 Å². The molecule has 0 atom stereocenters. The summed E-state index contributed by atoms with van der Waals surface area (Å²) in [6.45, 7) is 0.174. The van der Waals surface area contributed by atoms with Gasteiger partial charge in [0.2, 0.25) is 10.0 Å². The molecule has 7 heteroatoms. The normalized spacial score (nSPS) is 17.0. The Hall–Kier alpha value is -0.720. The molecule has 3 nitrogen and oxygen atoms in total. The lowest BCUT2D eigenvalue weighted by Gasteiger charge is -2.27. The molecule has 0 aliphatic heterocycles. The first-order valence-corrected chi connectivity index (χ1v) is 8.47. The first kappa shape index (κ1) is 15.7. The minimum absolute atomic E-state index is 0.105. The first-order chi connectivity index (χ1) is 9.46. The van der Waals surface area contributed by atoms with Gasteiger partial charge in [-0.3, -0.25) is 0 Å². The fourth-order valence-electron chi connectivity index (χ4n) is 2.55. The van der Waals surface area contributed by atoms with E-state index in [2.05, 4.69) is 0 Å². The standard InChI is InChI=1S/C13H16ClF2NO2S/c14-7-8-17(10-3-1-2-4-10)20(18,19)11-5-6-12(15)13(16)9-11/h5-6,9-10H,1-4,7-8H2. The van der Waals surface area contributed by atoms with Gasteiger partial charge in [0.15, 0.2) is 11.6 Å². The summed E-state index contributed by atoms with van der Waals surface area (Å²) in [5, 5.41) is 0. The van der Waals surface area contributed by atoms with Crippen molar-refractivity contribution in [2.24, 2.45) is 0 Å². The third-order valence-electron chi connectivity index (χ3n) is 3.53. The van der Waals surface area contributed by atoms with Gasteiger partial charge < -0.3 is 0 Å². The van der Waals surface area contributed by atoms with Crippen molar-refractivity contribution in [1.82, 2.24) is 4.31 Å².